The van der Waals surface area contributed by atoms with Crippen molar-refractivity contribution in [2.24, 2.45) is 5.73 Å². The lowest BCUT2D eigenvalue weighted by Crippen LogP contribution is -2.36. The lowest BCUT2D eigenvalue weighted by molar-refractivity contribution is -0.139. The number of hydrogen-bond acceptors (Lipinski definition) is 7. The quantitative estimate of drug-likeness (QED) is 0.236. The van der Waals surface area contributed by atoms with Crippen LogP contribution in [0, 0.1) is 11.2 Å². The van der Waals surface area contributed by atoms with E-state index in [1.54, 1.807) is 43.3 Å². The van der Waals surface area contributed by atoms with Crippen LogP contribution in [0.4, 0.5) is 10.1 Å². The Hall–Kier alpha value is -3.44. The molecule has 2 aromatic carbocycles. The number of carbonyl (C=O) groups excluding carboxylic acids is 1. The first kappa shape index (κ1) is 27.2. The molecule has 36 heavy (non-hydrogen) atoms. The van der Waals surface area contributed by atoms with E-state index in [4.69, 9.17) is 20.6 Å². The van der Waals surface area contributed by atoms with Crippen molar-refractivity contribution in [3.05, 3.63) is 65.5 Å². The van der Waals surface area contributed by atoms with Crippen LogP contribution in [0.1, 0.15) is 30.9 Å². The van der Waals surface area contributed by atoms with Crippen LogP contribution in [0.3, 0.4) is 0 Å². The highest BCUT2D eigenvalue weighted by Gasteiger charge is 2.26. The monoisotopic (exact) mass is 518 g/mol. The molecule has 0 radical (unpaired) electrons. The summed E-state index contributed by atoms with van der Waals surface area (Å²) in [7, 11) is -4.08. The molecule has 3 rings (SSSR count). The average molecular weight is 519 g/mol. The zero-order valence-corrected chi connectivity index (χ0v) is 20.9. The van der Waals surface area contributed by atoms with Crippen molar-refractivity contribution in [3.8, 4) is 5.75 Å². The highest BCUT2D eigenvalue weighted by Crippen LogP contribution is 2.24. The minimum atomic E-state index is -4.08. The number of benzene rings is 2. The first-order valence-electron chi connectivity index (χ1n) is 11.6. The number of piperidine rings is 1. The normalized spacial score (nSPS) is 14.5. The van der Waals surface area contributed by atoms with Crippen LogP contribution < -0.4 is 20.1 Å². The van der Waals surface area contributed by atoms with E-state index in [0.717, 1.165) is 30.2 Å². The molecular weight excluding hydrogens is 487 g/mol. The van der Waals surface area contributed by atoms with E-state index in [1.165, 1.54) is 18.2 Å². The number of esters is 1. The van der Waals surface area contributed by atoms with Gasteiger partial charge >= 0.3 is 5.97 Å². The highest BCUT2D eigenvalue weighted by atomic mass is 32.2. The van der Waals surface area contributed by atoms with Crippen molar-refractivity contribution in [1.29, 1.82) is 5.41 Å². The molecule has 0 unspecified atom stereocenters. The maximum absolute atomic E-state index is 13.8. The SMILES string of the molecule is CCOC(=O)CS(=O)(=O)N(CC=Cc1ccc(F)c(C(=N)N)c1)c1ccc(OC2CCNCC2)cc1. The Labute approximate surface area is 210 Å². The summed E-state index contributed by atoms with van der Waals surface area (Å²) in [6, 6.07) is 10.7. The molecule has 0 spiro atoms. The fourth-order valence-corrected chi connectivity index (χ4v) is 5.04. The van der Waals surface area contributed by atoms with E-state index in [1.807, 2.05) is 0 Å². The minimum absolute atomic E-state index is 0.0479. The van der Waals surface area contributed by atoms with Crippen LogP contribution in [-0.2, 0) is 19.6 Å². The van der Waals surface area contributed by atoms with Gasteiger partial charge in [0.25, 0.3) is 0 Å². The summed E-state index contributed by atoms with van der Waals surface area (Å²) in [6.07, 6.45) is 5.04. The molecule has 1 aliphatic heterocycles. The van der Waals surface area contributed by atoms with Gasteiger partial charge in [0.15, 0.2) is 5.75 Å². The van der Waals surface area contributed by atoms with E-state index < -0.39 is 33.4 Å². The van der Waals surface area contributed by atoms with Crippen molar-refractivity contribution in [2.75, 3.05) is 36.3 Å². The third kappa shape index (κ3) is 7.53. The minimum Gasteiger partial charge on any atom is -0.490 e. The summed E-state index contributed by atoms with van der Waals surface area (Å²) in [5.41, 5.74) is 6.25. The summed E-state index contributed by atoms with van der Waals surface area (Å²) in [5.74, 6) is -2.06. The zero-order valence-electron chi connectivity index (χ0n) is 20.1. The molecule has 194 valence electrons. The van der Waals surface area contributed by atoms with Crippen LogP contribution in [0.2, 0.25) is 0 Å². The molecule has 0 amide bonds. The second-order valence-electron chi connectivity index (χ2n) is 8.21. The van der Waals surface area contributed by atoms with E-state index in [-0.39, 0.29) is 24.8 Å². The number of ether oxygens (including phenoxy) is 2. The Balaban J connectivity index is 1.81. The van der Waals surface area contributed by atoms with Gasteiger partial charge in [0, 0.05) is 0 Å². The van der Waals surface area contributed by atoms with Crippen LogP contribution >= 0.6 is 0 Å². The lowest BCUT2D eigenvalue weighted by atomic mass is 10.1. The summed E-state index contributed by atoms with van der Waals surface area (Å²) in [4.78, 5) is 12.0. The number of amidine groups is 1. The van der Waals surface area contributed by atoms with Crippen LogP contribution in [-0.4, -0.2) is 58.3 Å². The fraction of sp³-hybridized carbons (Fsp3) is 0.360. The number of nitrogens with two attached hydrogens (primary N) is 1. The molecule has 1 heterocycles. The van der Waals surface area contributed by atoms with Crippen molar-refractivity contribution in [2.45, 2.75) is 25.9 Å². The Morgan fingerprint density at radius 2 is 1.92 bits per heavy atom. The van der Waals surface area contributed by atoms with Crippen molar-refractivity contribution in [1.82, 2.24) is 5.32 Å². The van der Waals surface area contributed by atoms with Gasteiger partial charge in [-0.05, 0) is 74.8 Å². The van der Waals surface area contributed by atoms with E-state index in [9.17, 15) is 17.6 Å². The van der Waals surface area contributed by atoms with E-state index in [0.29, 0.717) is 17.0 Å². The number of nitrogen functional groups attached to an aromatic ring is 1. The Bertz CT molecular complexity index is 1200. The van der Waals surface area contributed by atoms with Gasteiger partial charge in [0.1, 0.15) is 23.5 Å². The molecule has 0 atom stereocenters. The molecule has 9 nitrogen and oxygen atoms in total. The maximum Gasteiger partial charge on any atom is 0.323 e. The molecule has 4 N–H and O–H groups in total. The first-order chi connectivity index (χ1) is 17.2. The topological polar surface area (TPSA) is 135 Å². The third-order valence-corrected chi connectivity index (χ3v) is 7.15. The number of nitrogens with one attached hydrogen (secondary N) is 2. The van der Waals surface area contributed by atoms with E-state index in [2.05, 4.69) is 5.32 Å². The van der Waals surface area contributed by atoms with Gasteiger partial charge < -0.3 is 20.5 Å². The smallest absolute Gasteiger partial charge is 0.323 e. The lowest BCUT2D eigenvalue weighted by Gasteiger charge is -2.25. The fourth-order valence-electron chi connectivity index (χ4n) is 3.74. The van der Waals surface area contributed by atoms with Gasteiger partial charge in [-0.1, -0.05) is 18.2 Å². The predicted molar refractivity (Wildman–Crippen MR) is 137 cm³/mol. The first-order valence-corrected chi connectivity index (χ1v) is 13.2. The number of rotatable bonds is 11. The van der Waals surface area contributed by atoms with Gasteiger partial charge in [-0.3, -0.25) is 14.5 Å². The predicted octanol–water partition coefficient (Wildman–Crippen LogP) is 2.65. The number of halogens is 1. The number of nitrogens with zero attached hydrogens (tertiary/aromatic N) is 1. The Morgan fingerprint density at radius 1 is 1.22 bits per heavy atom. The summed E-state index contributed by atoms with van der Waals surface area (Å²) < 4.78 is 52.0. The van der Waals surface area contributed by atoms with Crippen molar-refractivity contribution >= 4 is 33.6 Å². The molecule has 0 saturated carbocycles. The summed E-state index contributed by atoms with van der Waals surface area (Å²) in [5, 5.41) is 10.8. The summed E-state index contributed by atoms with van der Waals surface area (Å²) in [6.45, 7) is 3.35. The molecule has 0 bridgehead atoms. The molecule has 0 aromatic heterocycles. The molecule has 1 fully saturated rings. The Kier molecular flexibility index (Phi) is 9.43. The van der Waals surface area contributed by atoms with E-state index >= 15 is 0 Å². The van der Waals surface area contributed by atoms with Gasteiger partial charge in [0.2, 0.25) is 10.0 Å². The van der Waals surface area contributed by atoms with Crippen LogP contribution in [0.25, 0.3) is 6.08 Å². The van der Waals surface area contributed by atoms with Crippen molar-refractivity contribution in [3.63, 3.8) is 0 Å². The number of anilines is 1. The van der Waals surface area contributed by atoms with Crippen molar-refractivity contribution < 1.29 is 27.1 Å². The van der Waals surface area contributed by atoms with Crippen LogP contribution in [0.5, 0.6) is 5.75 Å². The molecule has 2 aromatic rings. The molecule has 11 heteroatoms. The number of sulfonamides is 1. The van der Waals surface area contributed by atoms with Crippen LogP contribution in [0.15, 0.2) is 48.5 Å². The van der Waals surface area contributed by atoms with Gasteiger partial charge in [0.05, 0.1) is 24.4 Å². The zero-order chi connectivity index (χ0) is 26.1. The van der Waals surface area contributed by atoms with Gasteiger partial charge in [-0.15, -0.1) is 0 Å². The second kappa shape index (κ2) is 12.5. The second-order valence-corrected chi connectivity index (χ2v) is 10.1. The average Bonchev–Trinajstić information content (AvgIpc) is 2.83. The van der Waals surface area contributed by atoms with Gasteiger partial charge in [-0.2, -0.15) is 0 Å². The highest BCUT2D eigenvalue weighted by molar-refractivity contribution is 7.93. The number of hydrogen-bond donors (Lipinski definition) is 3. The molecular formula is C25H31FN4O5S. The standard InChI is InChI=1S/C25H31FN4O5S/c1-2-34-24(31)17-36(32,33)30(15-3-4-18-5-10-23(26)22(16-18)25(27)28)19-6-8-20(9-7-19)35-21-11-13-29-14-12-21/h3-10,16,21,29H,2,11-15,17H2,1H3,(H3,27,28). The Morgan fingerprint density at radius 3 is 2.56 bits per heavy atom. The largest absolute Gasteiger partial charge is 0.490 e. The molecule has 0 aliphatic carbocycles. The molecule has 1 aliphatic rings. The number of carbonyl (C=O) groups is 1. The third-order valence-electron chi connectivity index (χ3n) is 5.52. The summed E-state index contributed by atoms with van der Waals surface area (Å²) >= 11 is 0. The molecule has 1 saturated heterocycles. The van der Waals surface area contributed by atoms with Gasteiger partial charge in [-0.25, -0.2) is 12.8 Å². The maximum atomic E-state index is 13.8.